The molecule has 2 unspecified atom stereocenters. The molecule has 108 valence electrons. The maximum Gasteiger partial charge on any atom is 0.0638 e. The lowest BCUT2D eigenvalue weighted by molar-refractivity contribution is 0.266. The highest BCUT2D eigenvalue weighted by atomic mass is 15.3. The van der Waals surface area contributed by atoms with Crippen molar-refractivity contribution in [1.29, 1.82) is 0 Å². The molecule has 0 bridgehead atoms. The predicted molar refractivity (Wildman–Crippen MR) is 80.2 cm³/mol. The van der Waals surface area contributed by atoms with Crippen LogP contribution in [0.5, 0.6) is 0 Å². The summed E-state index contributed by atoms with van der Waals surface area (Å²) in [5.41, 5.74) is 2.68. The smallest absolute Gasteiger partial charge is 0.0638 e. The molecule has 3 nitrogen and oxygen atoms in total. The van der Waals surface area contributed by atoms with Crippen molar-refractivity contribution in [2.45, 2.75) is 78.4 Å². The van der Waals surface area contributed by atoms with E-state index >= 15 is 0 Å². The van der Waals surface area contributed by atoms with E-state index in [4.69, 9.17) is 5.10 Å². The molecule has 1 aliphatic carbocycles. The van der Waals surface area contributed by atoms with Crippen LogP contribution in [-0.2, 0) is 6.54 Å². The van der Waals surface area contributed by atoms with Crippen LogP contribution in [0.1, 0.15) is 70.7 Å². The first kappa shape index (κ1) is 14.6. The SMILES string of the molecule is Cc1nn(C2CCCC(C)C2)cc1CNC(C)(C)C. The predicted octanol–water partition coefficient (Wildman–Crippen LogP) is 3.83. The summed E-state index contributed by atoms with van der Waals surface area (Å²) >= 11 is 0. The zero-order valence-corrected chi connectivity index (χ0v) is 13.2. The van der Waals surface area contributed by atoms with E-state index in [0.717, 1.165) is 12.5 Å². The van der Waals surface area contributed by atoms with Gasteiger partial charge in [-0.25, -0.2) is 0 Å². The van der Waals surface area contributed by atoms with Gasteiger partial charge in [0.2, 0.25) is 0 Å². The molecule has 1 N–H and O–H groups in total. The first-order valence-electron chi connectivity index (χ1n) is 7.65. The Morgan fingerprint density at radius 2 is 2.11 bits per heavy atom. The molecule has 0 spiro atoms. The standard InChI is InChI=1S/C16H29N3/c1-12-7-6-8-15(9-12)19-11-14(13(2)18-19)10-17-16(3,4)5/h11-12,15,17H,6-10H2,1-5H3. The summed E-state index contributed by atoms with van der Waals surface area (Å²) in [6, 6.07) is 0.617. The van der Waals surface area contributed by atoms with Gasteiger partial charge in [-0.2, -0.15) is 5.10 Å². The highest BCUT2D eigenvalue weighted by molar-refractivity contribution is 5.16. The monoisotopic (exact) mass is 263 g/mol. The number of aromatic nitrogens is 2. The molecular weight excluding hydrogens is 234 g/mol. The lowest BCUT2D eigenvalue weighted by Gasteiger charge is -2.26. The van der Waals surface area contributed by atoms with E-state index in [1.807, 2.05) is 0 Å². The van der Waals surface area contributed by atoms with Crippen molar-refractivity contribution in [3.8, 4) is 0 Å². The third-order valence-electron chi connectivity index (χ3n) is 4.11. The van der Waals surface area contributed by atoms with Gasteiger partial charge in [-0.15, -0.1) is 0 Å². The summed E-state index contributed by atoms with van der Waals surface area (Å²) in [5.74, 6) is 0.847. The Morgan fingerprint density at radius 3 is 2.74 bits per heavy atom. The van der Waals surface area contributed by atoms with Crippen LogP contribution in [0.25, 0.3) is 0 Å². The van der Waals surface area contributed by atoms with E-state index in [0.29, 0.717) is 6.04 Å². The summed E-state index contributed by atoms with van der Waals surface area (Å²) in [5, 5.41) is 8.30. The van der Waals surface area contributed by atoms with Crippen LogP contribution in [-0.4, -0.2) is 15.3 Å². The summed E-state index contributed by atoms with van der Waals surface area (Å²) in [6.45, 7) is 12.0. The van der Waals surface area contributed by atoms with Gasteiger partial charge in [0.1, 0.15) is 0 Å². The van der Waals surface area contributed by atoms with Crippen LogP contribution in [0.2, 0.25) is 0 Å². The van der Waals surface area contributed by atoms with Gasteiger partial charge in [0.15, 0.2) is 0 Å². The number of rotatable bonds is 3. The number of nitrogens with zero attached hydrogens (tertiary/aromatic N) is 2. The maximum absolute atomic E-state index is 4.75. The Kier molecular flexibility index (Phi) is 4.34. The van der Waals surface area contributed by atoms with Crippen molar-refractivity contribution < 1.29 is 0 Å². The van der Waals surface area contributed by atoms with Crippen LogP contribution in [0.15, 0.2) is 6.20 Å². The quantitative estimate of drug-likeness (QED) is 0.898. The van der Waals surface area contributed by atoms with Gasteiger partial charge in [-0.05, 0) is 46.5 Å². The van der Waals surface area contributed by atoms with Gasteiger partial charge >= 0.3 is 0 Å². The zero-order valence-electron chi connectivity index (χ0n) is 13.2. The van der Waals surface area contributed by atoms with Crippen molar-refractivity contribution >= 4 is 0 Å². The Hall–Kier alpha value is -0.830. The molecule has 0 radical (unpaired) electrons. The number of aryl methyl sites for hydroxylation is 1. The normalized spacial score (nSPS) is 24.7. The molecule has 0 amide bonds. The number of hydrogen-bond donors (Lipinski definition) is 1. The van der Waals surface area contributed by atoms with Crippen LogP contribution in [0, 0.1) is 12.8 Å². The minimum Gasteiger partial charge on any atom is -0.308 e. The second kappa shape index (κ2) is 5.66. The number of hydrogen-bond acceptors (Lipinski definition) is 2. The van der Waals surface area contributed by atoms with E-state index in [2.05, 4.69) is 50.8 Å². The summed E-state index contributed by atoms with van der Waals surface area (Å²) in [6.07, 6.45) is 7.57. The van der Waals surface area contributed by atoms with Gasteiger partial charge < -0.3 is 5.32 Å². The average molecular weight is 263 g/mol. The van der Waals surface area contributed by atoms with Crippen LogP contribution < -0.4 is 5.32 Å². The summed E-state index contributed by atoms with van der Waals surface area (Å²) in [4.78, 5) is 0. The summed E-state index contributed by atoms with van der Waals surface area (Å²) in [7, 11) is 0. The average Bonchev–Trinajstić information content (AvgIpc) is 2.67. The first-order chi connectivity index (χ1) is 8.85. The molecule has 0 aliphatic heterocycles. The molecule has 1 fully saturated rings. The molecule has 1 saturated carbocycles. The summed E-state index contributed by atoms with van der Waals surface area (Å²) < 4.78 is 2.23. The highest BCUT2D eigenvalue weighted by Crippen LogP contribution is 2.32. The minimum absolute atomic E-state index is 0.161. The minimum atomic E-state index is 0.161. The van der Waals surface area contributed by atoms with Gasteiger partial charge in [0.25, 0.3) is 0 Å². The van der Waals surface area contributed by atoms with E-state index in [1.165, 1.54) is 36.9 Å². The lowest BCUT2D eigenvalue weighted by Crippen LogP contribution is -2.35. The molecule has 2 atom stereocenters. The molecule has 1 heterocycles. The zero-order chi connectivity index (χ0) is 14.0. The van der Waals surface area contributed by atoms with E-state index in [1.54, 1.807) is 0 Å². The van der Waals surface area contributed by atoms with Crippen molar-refractivity contribution in [1.82, 2.24) is 15.1 Å². The molecular formula is C16H29N3. The molecule has 1 aliphatic rings. The van der Waals surface area contributed by atoms with Crippen molar-refractivity contribution in [2.75, 3.05) is 0 Å². The van der Waals surface area contributed by atoms with Gasteiger partial charge in [0, 0.05) is 23.8 Å². The molecule has 19 heavy (non-hydrogen) atoms. The molecule has 0 aromatic carbocycles. The Morgan fingerprint density at radius 1 is 1.37 bits per heavy atom. The third-order valence-corrected chi connectivity index (χ3v) is 4.11. The molecule has 2 rings (SSSR count). The fourth-order valence-electron chi connectivity index (χ4n) is 2.88. The largest absolute Gasteiger partial charge is 0.308 e. The third kappa shape index (κ3) is 4.07. The highest BCUT2D eigenvalue weighted by Gasteiger charge is 2.22. The van der Waals surface area contributed by atoms with Crippen LogP contribution >= 0.6 is 0 Å². The Balaban J connectivity index is 2.03. The lowest BCUT2D eigenvalue weighted by atomic mass is 9.87. The second-order valence-corrected chi connectivity index (χ2v) is 7.25. The molecule has 1 aromatic rings. The Labute approximate surface area is 117 Å². The van der Waals surface area contributed by atoms with Crippen molar-refractivity contribution in [3.63, 3.8) is 0 Å². The van der Waals surface area contributed by atoms with Crippen LogP contribution in [0.3, 0.4) is 0 Å². The van der Waals surface area contributed by atoms with Crippen molar-refractivity contribution in [3.05, 3.63) is 17.5 Å². The van der Waals surface area contributed by atoms with Crippen molar-refractivity contribution in [2.24, 2.45) is 5.92 Å². The van der Waals surface area contributed by atoms with Gasteiger partial charge in [-0.1, -0.05) is 19.8 Å². The fourth-order valence-corrected chi connectivity index (χ4v) is 2.88. The Bertz CT molecular complexity index is 414. The first-order valence-corrected chi connectivity index (χ1v) is 7.65. The number of nitrogens with one attached hydrogen (secondary N) is 1. The maximum atomic E-state index is 4.75. The van der Waals surface area contributed by atoms with Gasteiger partial charge in [-0.3, -0.25) is 4.68 Å². The van der Waals surface area contributed by atoms with E-state index in [9.17, 15) is 0 Å². The van der Waals surface area contributed by atoms with E-state index < -0.39 is 0 Å². The second-order valence-electron chi connectivity index (χ2n) is 7.25. The molecule has 0 saturated heterocycles. The molecule has 3 heteroatoms. The van der Waals surface area contributed by atoms with Crippen LogP contribution in [0.4, 0.5) is 0 Å². The van der Waals surface area contributed by atoms with E-state index in [-0.39, 0.29) is 5.54 Å². The topological polar surface area (TPSA) is 29.9 Å². The molecule has 1 aromatic heterocycles. The fraction of sp³-hybridized carbons (Fsp3) is 0.812. The van der Waals surface area contributed by atoms with Gasteiger partial charge in [0.05, 0.1) is 11.7 Å².